The van der Waals surface area contributed by atoms with E-state index >= 15 is 0 Å². The maximum atomic E-state index is 10.8. The molecule has 2 rings (SSSR count). The first kappa shape index (κ1) is 12.7. The number of benzene rings is 1. The zero-order valence-electron chi connectivity index (χ0n) is 10.1. The summed E-state index contributed by atoms with van der Waals surface area (Å²) in [5.41, 5.74) is -0.0383. The SMILES string of the molecule is O=C(O)c1cccc(C#CC2(O)CCCCC2)c1. The molecule has 0 saturated heterocycles. The number of carboxylic acid groups (broad SMARTS) is 1. The van der Waals surface area contributed by atoms with Crippen molar-refractivity contribution in [1.82, 2.24) is 0 Å². The van der Waals surface area contributed by atoms with Crippen molar-refractivity contribution in [2.45, 2.75) is 37.7 Å². The number of aromatic carboxylic acids is 1. The van der Waals surface area contributed by atoms with E-state index < -0.39 is 11.6 Å². The summed E-state index contributed by atoms with van der Waals surface area (Å²) < 4.78 is 0. The second kappa shape index (κ2) is 5.24. The molecule has 3 heteroatoms. The highest BCUT2D eigenvalue weighted by molar-refractivity contribution is 5.88. The van der Waals surface area contributed by atoms with Gasteiger partial charge in [0.15, 0.2) is 0 Å². The lowest BCUT2D eigenvalue weighted by Crippen LogP contribution is -2.29. The first-order valence-corrected chi connectivity index (χ1v) is 6.18. The van der Waals surface area contributed by atoms with E-state index in [1.165, 1.54) is 12.1 Å². The van der Waals surface area contributed by atoms with Crippen LogP contribution >= 0.6 is 0 Å². The fourth-order valence-electron chi connectivity index (χ4n) is 2.18. The number of hydrogen-bond acceptors (Lipinski definition) is 2. The Morgan fingerprint density at radius 2 is 1.94 bits per heavy atom. The van der Waals surface area contributed by atoms with Gasteiger partial charge in [-0.05, 0) is 43.9 Å². The van der Waals surface area contributed by atoms with Gasteiger partial charge < -0.3 is 10.2 Å². The summed E-state index contributed by atoms with van der Waals surface area (Å²) in [6.45, 7) is 0. The summed E-state index contributed by atoms with van der Waals surface area (Å²) in [4.78, 5) is 10.8. The van der Waals surface area contributed by atoms with E-state index in [2.05, 4.69) is 11.8 Å². The Kier molecular flexibility index (Phi) is 3.69. The first-order chi connectivity index (χ1) is 8.59. The van der Waals surface area contributed by atoms with Crippen molar-refractivity contribution < 1.29 is 15.0 Å². The lowest BCUT2D eigenvalue weighted by atomic mass is 9.85. The van der Waals surface area contributed by atoms with E-state index in [0.717, 1.165) is 19.3 Å². The van der Waals surface area contributed by atoms with Gasteiger partial charge in [-0.2, -0.15) is 0 Å². The molecule has 0 radical (unpaired) electrons. The minimum atomic E-state index is -0.963. The van der Waals surface area contributed by atoms with Crippen LogP contribution in [0.25, 0.3) is 0 Å². The third kappa shape index (κ3) is 3.12. The van der Waals surface area contributed by atoms with Gasteiger partial charge in [0.1, 0.15) is 5.60 Å². The van der Waals surface area contributed by atoms with Crippen molar-refractivity contribution in [2.24, 2.45) is 0 Å². The van der Waals surface area contributed by atoms with Crippen molar-refractivity contribution in [1.29, 1.82) is 0 Å². The standard InChI is InChI=1S/C15H16O3/c16-14(17)13-6-4-5-12(11-13)7-10-15(18)8-2-1-3-9-15/h4-6,11,18H,1-3,8-9H2,(H,16,17). The van der Waals surface area contributed by atoms with Gasteiger partial charge >= 0.3 is 5.97 Å². The van der Waals surface area contributed by atoms with Crippen molar-refractivity contribution in [2.75, 3.05) is 0 Å². The lowest BCUT2D eigenvalue weighted by Gasteiger charge is -2.26. The van der Waals surface area contributed by atoms with Gasteiger partial charge in [0.25, 0.3) is 0 Å². The number of rotatable bonds is 1. The molecule has 1 aromatic carbocycles. The quantitative estimate of drug-likeness (QED) is 0.746. The van der Waals surface area contributed by atoms with E-state index in [-0.39, 0.29) is 5.56 Å². The molecule has 0 atom stereocenters. The second-order valence-electron chi connectivity index (χ2n) is 4.73. The smallest absolute Gasteiger partial charge is 0.335 e. The minimum Gasteiger partial charge on any atom is -0.478 e. The summed E-state index contributed by atoms with van der Waals surface area (Å²) in [6, 6.07) is 6.48. The van der Waals surface area contributed by atoms with Crippen molar-refractivity contribution in [3.63, 3.8) is 0 Å². The summed E-state index contributed by atoms with van der Waals surface area (Å²) in [5.74, 6) is 4.82. The molecule has 0 unspecified atom stereocenters. The zero-order valence-corrected chi connectivity index (χ0v) is 10.1. The van der Waals surface area contributed by atoms with E-state index in [4.69, 9.17) is 5.11 Å². The normalized spacial score (nSPS) is 17.6. The fraction of sp³-hybridized carbons (Fsp3) is 0.400. The predicted octanol–water partition coefficient (Wildman–Crippen LogP) is 2.43. The van der Waals surface area contributed by atoms with Gasteiger partial charge in [0.05, 0.1) is 5.56 Å². The molecule has 0 aliphatic heterocycles. The molecular formula is C15H16O3. The fourth-order valence-corrected chi connectivity index (χ4v) is 2.18. The third-order valence-corrected chi connectivity index (χ3v) is 3.23. The van der Waals surface area contributed by atoms with E-state index in [1.54, 1.807) is 12.1 Å². The van der Waals surface area contributed by atoms with Gasteiger partial charge in [-0.1, -0.05) is 24.3 Å². The van der Waals surface area contributed by atoms with Gasteiger partial charge in [0, 0.05) is 5.56 Å². The molecule has 1 aliphatic carbocycles. The molecule has 1 saturated carbocycles. The van der Waals surface area contributed by atoms with Gasteiger partial charge in [-0.25, -0.2) is 4.79 Å². The van der Waals surface area contributed by atoms with Crippen LogP contribution < -0.4 is 0 Å². The molecule has 2 N–H and O–H groups in total. The van der Waals surface area contributed by atoms with Crippen LogP contribution in [0.3, 0.4) is 0 Å². The first-order valence-electron chi connectivity index (χ1n) is 6.18. The van der Waals surface area contributed by atoms with Crippen molar-refractivity contribution >= 4 is 5.97 Å². The highest BCUT2D eigenvalue weighted by Crippen LogP contribution is 2.27. The molecule has 18 heavy (non-hydrogen) atoms. The molecule has 0 aromatic heterocycles. The number of hydrogen-bond donors (Lipinski definition) is 2. The van der Waals surface area contributed by atoms with Gasteiger partial charge in [0.2, 0.25) is 0 Å². The van der Waals surface area contributed by atoms with E-state index in [1.807, 2.05) is 0 Å². The van der Waals surface area contributed by atoms with Crippen LogP contribution in [0, 0.1) is 11.8 Å². The highest BCUT2D eigenvalue weighted by Gasteiger charge is 2.26. The lowest BCUT2D eigenvalue weighted by molar-refractivity contribution is 0.0610. The highest BCUT2D eigenvalue weighted by atomic mass is 16.4. The van der Waals surface area contributed by atoms with Gasteiger partial charge in [-0.15, -0.1) is 0 Å². The molecule has 0 amide bonds. The average Bonchev–Trinajstić information content (AvgIpc) is 2.38. The minimum absolute atomic E-state index is 0.220. The molecule has 0 spiro atoms. The monoisotopic (exact) mass is 244 g/mol. The maximum Gasteiger partial charge on any atom is 0.335 e. The molecule has 1 aliphatic rings. The summed E-state index contributed by atoms with van der Waals surface area (Å²) in [7, 11) is 0. The maximum absolute atomic E-state index is 10.8. The number of carbonyl (C=O) groups is 1. The third-order valence-electron chi connectivity index (χ3n) is 3.23. The molecule has 1 aromatic rings. The number of carboxylic acids is 1. The van der Waals surface area contributed by atoms with Crippen LogP contribution in [0.5, 0.6) is 0 Å². The van der Waals surface area contributed by atoms with Crippen LogP contribution in [0.1, 0.15) is 48.0 Å². The Hall–Kier alpha value is -1.79. The Morgan fingerprint density at radius 1 is 1.22 bits per heavy atom. The summed E-state index contributed by atoms with van der Waals surface area (Å²) in [5, 5.41) is 19.1. The van der Waals surface area contributed by atoms with Crippen LogP contribution in [0.15, 0.2) is 24.3 Å². The molecule has 1 fully saturated rings. The van der Waals surface area contributed by atoms with Crippen LogP contribution in [-0.4, -0.2) is 21.8 Å². The predicted molar refractivity (Wildman–Crippen MR) is 68.3 cm³/mol. The Bertz CT molecular complexity index is 502. The molecule has 0 heterocycles. The summed E-state index contributed by atoms with van der Waals surface area (Å²) >= 11 is 0. The molecule has 94 valence electrons. The van der Waals surface area contributed by atoms with Crippen molar-refractivity contribution in [3.8, 4) is 11.8 Å². The summed E-state index contributed by atoms with van der Waals surface area (Å²) in [6.07, 6.45) is 4.57. The van der Waals surface area contributed by atoms with E-state index in [0.29, 0.717) is 18.4 Å². The molecular weight excluding hydrogens is 228 g/mol. The topological polar surface area (TPSA) is 57.5 Å². The zero-order chi connectivity index (χ0) is 13.0. The Labute approximate surface area is 106 Å². The Balaban J connectivity index is 2.18. The van der Waals surface area contributed by atoms with Gasteiger partial charge in [-0.3, -0.25) is 0 Å². The molecule has 3 nitrogen and oxygen atoms in total. The second-order valence-corrected chi connectivity index (χ2v) is 4.73. The van der Waals surface area contributed by atoms with Crippen LogP contribution in [0.2, 0.25) is 0 Å². The molecule has 0 bridgehead atoms. The van der Waals surface area contributed by atoms with Crippen LogP contribution in [0.4, 0.5) is 0 Å². The van der Waals surface area contributed by atoms with Crippen LogP contribution in [-0.2, 0) is 0 Å². The van der Waals surface area contributed by atoms with E-state index in [9.17, 15) is 9.90 Å². The number of aliphatic hydroxyl groups is 1. The average molecular weight is 244 g/mol. The largest absolute Gasteiger partial charge is 0.478 e. The Morgan fingerprint density at radius 3 is 2.61 bits per heavy atom. The van der Waals surface area contributed by atoms with Crippen molar-refractivity contribution in [3.05, 3.63) is 35.4 Å².